The third-order valence-electron chi connectivity index (χ3n) is 4.58. The van der Waals surface area contributed by atoms with Crippen molar-refractivity contribution in [3.8, 4) is 0 Å². The summed E-state index contributed by atoms with van der Waals surface area (Å²) in [5.74, 6) is 1.84. The topological polar surface area (TPSA) is 85.5 Å². The fraction of sp³-hybridized carbons (Fsp3) is 0.529. The number of nitrogens with zero attached hydrogens (tertiary/aromatic N) is 3. The fourth-order valence-electron chi connectivity index (χ4n) is 2.76. The van der Waals surface area contributed by atoms with E-state index in [1.807, 2.05) is 0 Å². The van der Waals surface area contributed by atoms with Gasteiger partial charge in [-0.3, -0.25) is 0 Å². The van der Waals surface area contributed by atoms with Gasteiger partial charge in [-0.05, 0) is 30.9 Å². The predicted octanol–water partition coefficient (Wildman–Crippen LogP) is 1.83. The van der Waals surface area contributed by atoms with Crippen LogP contribution in [0.4, 0.5) is 0 Å². The molecule has 1 aliphatic carbocycles. The van der Waals surface area contributed by atoms with E-state index in [4.69, 9.17) is 9.26 Å². The summed E-state index contributed by atoms with van der Waals surface area (Å²) in [6.45, 7) is 2.16. The lowest BCUT2D eigenvalue weighted by Crippen LogP contribution is -2.48. The molecule has 2 fully saturated rings. The summed E-state index contributed by atoms with van der Waals surface area (Å²) in [4.78, 5) is 4.69. The molecule has 134 valence electrons. The lowest BCUT2D eigenvalue weighted by Gasteiger charge is -2.35. The molecule has 0 bridgehead atoms. The molecular formula is C17H21N3O4S. The minimum Gasteiger partial charge on any atom is -0.381 e. The van der Waals surface area contributed by atoms with Gasteiger partial charge < -0.3 is 9.26 Å². The minimum atomic E-state index is -3.43. The van der Waals surface area contributed by atoms with Crippen LogP contribution in [-0.4, -0.2) is 49.2 Å². The van der Waals surface area contributed by atoms with Gasteiger partial charge in [-0.15, -0.1) is 0 Å². The molecule has 0 unspecified atom stereocenters. The van der Waals surface area contributed by atoms with E-state index in [1.54, 1.807) is 30.3 Å². The largest absolute Gasteiger partial charge is 0.381 e. The highest BCUT2D eigenvalue weighted by atomic mass is 32.2. The Morgan fingerprint density at radius 1 is 1.20 bits per heavy atom. The van der Waals surface area contributed by atoms with Crippen molar-refractivity contribution in [2.75, 3.05) is 26.3 Å². The molecule has 8 heteroatoms. The van der Waals surface area contributed by atoms with E-state index in [0.717, 1.165) is 12.5 Å². The zero-order valence-electron chi connectivity index (χ0n) is 13.9. The number of aromatic nitrogens is 2. The second-order valence-corrected chi connectivity index (χ2v) is 8.59. The van der Waals surface area contributed by atoms with Crippen molar-refractivity contribution < 1.29 is 17.7 Å². The van der Waals surface area contributed by atoms with E-state index in [9.17, 15) is 8.42 Å². The Balaban J connectivity index is 1.28. The Kier molecular flexibility index (Phi) is 4.58. The number of benzene rings is 1. The lowest BCUT2D eigenvalue weighted by atomic mass is 10.0. The van der Waals surface area contributed by atoms with Gasteiger partial charge >= 0.3 is 0 Å². The third kappa shape index (κ3) is 3.75. The van der Waals surface area contributed by atoms with Gasteiger partial charge in [-0.1, -0.05) is 23.4 Å². The Labute approximate surface area is 147 Å². The van der Waals surface area contributed by atoms with Crippen molar-refractivity contribution in [2.45, 2.75) is 30.1 Å². The normalized spacial score (nSPS) is 19.0. The Morgan fingerprint density at radius 3 is 2.68 bits per heavy atom. The van der Waals surface area contributed by atoms with Gasteiger partial charge in [0.2, 0.25) is 15.9 Å². The van der Waals surface area contributed by atoms with Gasteiger partial charge in [0.25, 0.3) is 0 Å². The molecule has 2 heterocycles. The van der Waals surface area contributed by atoms with Gasteiger partial charge in [-0.2, -0.15) is 9.29 Å². The van der Waals surface area contributed by atoms with Gasteiger partial charge in [0, 0.05) is 26.1 Å². The van der Waals surface area contributed by atoms with E-state index in [-0.39, 0.29) is 5.92 Å². The van der Waals surface area contributed by atoms with Crippen LogP contribution in [-0.2, 0) is 21.2 Å². The molecule has 2 aromatic rings. The molecular weight excluding hydrogens is 342 g/mol. The predicted molar refractivity (Wildman–Crippen MR) is 89.5 cm³/mol. The van der Waals surface area contributed by atoms with Crippen molar-refractivity contribution in [2.24, 2.45) is 5.92 Å². The van der Waals surface area contributed by atoms with Crippen molar-refractivity contribution in [1.82, 2.24) is 14.4 Å². The van der Waals surface area contributed by atoms with E-state index < -0.39 is 10.0 Å². The fourth-order valence-corrected chi connectivity index (χ4v) is 4.32. The van der Waals surface area contributed by atoms with Gasteiger partial charge in [0.1, 0.15) is 0 Å². The van der Waals surface area contributed by atoms with Crippen LogP contribution in [0.5, 0.6) is 0 Å². The first-order chi connectivity index (χ1) is 12.1. The highest BCUT2D eigenvalue weighted by molar-refractivity contribution is 7.89. The smallest absolute Gasteiger partial charge is 0.243 e. The van der Waals surface area contributed by atoms with E-state index in [0.29, 0.717) is 42.7 Å². The highest BCUT2D eigenvalue weighted by Crippen LogP contribution is 2.31. The summed E-state index contributed by atoms with van der Waals surface area (Å²) in [7, 11) is -3.43. The van der Waals surface area contributed by atoms with Crippen LogP contribution >= 0.6 is 0 Å². The second-order valence-electron chi connectivity index (χ2n) is 6.65. The number of rotatable bonds is 8. The van der Waals surface area contributed by atoms with E-state index >= 15 is 0 Å². The zero-order valence-corrected chi connectivity index (χ0v) is 14.7. The maximum atomic E-state index is 12.5. The van der Waals surface area contributed by atoms with E-state index in [2.05, 4.69) is 10.1 Å². The molecule has 2 aliphatic rings. The Morgan fingerprint density at radius 2 is 1.96 bits per heavy atom. The van der Waals surface area contributed by atoms with Crippen LogP contribution in [0.1, 0.15) is 30.5 Å². The molecule has 0 spiro atoms. The molecule has 0 radical (unpaired) electrons. The summed E-state index contributed by atoms with van der Waals surface area (Å²) in [5.41, 5.74) is 0. The van der Waals surface area contributed by atoms with Crippen molar-refractivity contribution in [3.05, 3.63) is 42.0 Å². The summed E-state index contributed by atoms with van der Waals surface area (Å²) in [6, 6.07) is 8.45. The number of hydrogen-bond donors (Lipinski definition) is 0. The lowest BCUT2D eigenvalue weighted by molar-refractivity contribution is 0.125. The van der Waals surface area contributed by atoms with Crippen LogP contribution in [0.25, 0.3) is 0 Å². The first-order valence-electron chi connectivity index (χ1n) is 8.58. The average Bonchev–Trinajstić information content (AvgIpc) is 3.29. The summed E-state index contributed by atoms with van der Waals surface area (Å²) < 4.78 is 37.2. The van der Waals surface area contributed by atoms with Crippen LogP contribution in [0.3, 0.4) is 0 Å². The quantitative estimate of drug-likeness (QED) is 0.665. The highest BCUT2D eigenvalue weighted by Gasteiger charge is 2.40. The van der Waals surface area contributed by atoms with Crippen LogP contribution in [0.2, 0.25) is 0 Å². The first kappa shape index (κ1) is 16.7. The Hall–Kier alpha value is -1.77. The van der Waals surface area contributed by atoms with Crippen LogP contribution in [0.15, 0.2) is 39.8 Å². The average molecular weight is 363 g/mol. The molecule has 7 nitrogen and oxygen atoms in total. The molecule has 1 aliphatic heterocycles. The molecule has 4 rings (SSSR count). The standard InChI is InChI=1S/C17H21N3O4S/c21-25(22,15-4-2-1-3-5-15)20-10-14(11-20)17-18-16(19-24-17)8-9-23-12-13-6-7-13/h1-5,13-14H,6-12H2. The van der Waals surface area contributed by atoms with Gasteiger partial charge in [0.05, 0.1) is 17.4 Å². The molecule has 1 saturated carbocycles. The summed E-state index contributed by atoms with van der Waals surface area (Å²) in [5, 5.41) is 3.96. The van der Waals surface area contributed by atoms with Crippen molar-refractivity contribution in [1.29, 1.82) is 0 Å². The van der Waals surface area contributed by atoms with Gasteiger partial charge in [-0.25, -0.2) is 8.42 Å². The number of ether oxygens (including phenoxy) is 1. The third-order valence-corrected chi connectivity index (χ3v) is 6.43. The SMILES string of the molecule is O=S(=O)(c1ccccc1)N1CC(c2nc(CCOCC3CC3)no2)C1. The molecule has 25 heavy (non-hydrogen) atoms. The summed E-state index contributed by atoms with van der Waals surface area (Å²) >= 11 is 0. The van der Waals surface area contributed by atoms with E-state index in [1.165, 1.54) is 17.1 Å². The molecule has 1 saturated heterocycles. The van der Waals surface area contributed by atoms with Crippen LogP contribution < -0.4 is 0 Å². The maximum absolute atomic E-state index is 12.5. The number of hydrogen-bond acceptors (Lipinski definition) is 6. The Bertz CT molecular complexity index is 811. The second kappa shape index (κ2) is 6.86. The molecule has 0 atom stereocenters. The minimum absolute atomic E-state index is 0.0351. The van der Waals surface area contributed by atoms with Crippen LogP contribution in [0, 0.1) is 5.92 Å². The first-order valence-corrected chi connectivity index (χ1v) is 10.0. The van der Waals surface area contributed by atoms with Crippen molar-refractivity contribution >= 4 is 10.0 Å². The molecule has 0 N–H and O–H groups in total. The van der Waals surface area contributed by atoms with Crippen molar-refractivity contribution in [3.63, 3.8) is 0 Å². The number of sulfonamides is 1. The molecule has 1 aromatic heterocycles. The molecule has 1 aromatic carbocycles. The monoisotopic (exact) mass is 363 g/mol. The maximum Gasteiger partial charge on any atom is 0.243 e. The molecule has 0 amide bonds. The summed E-state index contributed by atoms with van der Waals surface area (Å²) in [6.07, 6.45) is 3.17. The van der Waals surface area contributed by atoms with Gasteiger partial charge in [0.15, 0.2) is 5.82 Å². The zero-order chi connectivity index (χ0) is 17.3.